The van der Waals surface area contributed by atoms with Crippen molar-refractivity contribution in [3.63, 3.8) is 0 Å². The number of carbonyl (C=O) groups excluding carboxylic acids is 1. The number of hydrogen-bond acceptors (Lipinski definition) is 5. The Balaban J connectivity index is 1.75. The van der Waals surface area contributed by atoms with E-state index in [1.54, 1.807) is 38.5 Å². The summed E-state index contributed by atoms with van der Waals surface area (Å²) in [6.07, 6.45) is 0. The highest BCUT2D eigenvalue weighted by molar-refractivity contribution is 6.08. The Morgan fingerprint density at radius 2 is 1.77 bits per heavy atom. The van der Waals surface area contributed by atoms with Gasteiger partial charge in [-0.1, -0.05) is 36.4 Å². The molecule has 1 aliphatic heterocycles. The molecule has 0 bridgehead atoms. The molecular formula is C25H21N3O3. The van der Waals surface area contributed by atoms with Crippen molar-refractivity contribution in [2.45, 2.75) is 5.92 Å². The third-order valence-corrected chi connectivity index (χ3v) is 5.27. The fourth-order valence-corrected chi connectivity index (χ4v) is 3.70. The van der Waals surface area contributed by atoms with E-state index in [9.17, 15) is 4.79 Å². The lowest BCUT2D eigenvalue weighted by atomic mass is 9.90. The van der Waals surface area contributed by atoms with Crippen LogP contribution in [0.1, 0.15) is 33.0 Å². The summed E-state index contributed by atoms with van der Waals surface area (Å²) in [7, 11) is 3.18. The zero-order chi connectivity index (χ0) is 21.8. The summed E-state index contributed by atoms with van der Waals surface area (Å²) in [5.74, 6) is 0.888. The first kappa shape index (κ1) is 20.2. The van der Waals surface area contributed by atoms with Crippen LogP contribution < -0.4 is 9.47 Å². The maximum Gasteiger partial charge on any atom is 0.274 e. The molecule has 0 N–H and O–H groups in total. The van der Waals surface area contributed by atoms with Crippen LogP contribution in [-0.4, -0.2) is 37.4 Å². The zero-order valence-electron chi connectivity index (χ0n) is 17.3. The van der Waals surface area contributed by atoms with Crippen LogP contribution in [0, 0.1) is 11.3 Å². The molecular weight excluding hydrogens is 390 g/mol. The monoisotopic (exact) mass is 411 g/mol. The molecule has 0 fully saturated rings. The summed E-state index contributed by atoms with van der Waals surface area (Å²) >= 11 is 0. The first-order valence-electron chi connectivity index (χ1n) is 9.82. The maximum atomic E-state index is 13.2. The van der Waals surface area contributed by atoms with E-state index < -0.39 is 0 Å². The molecule has 1 unspecified atom stereocenters. The summed E-state index contributed by atoms with van der Waals surface area (Å²) in [6.45, 7) is 0.406. The second-order valence-corrected chi connectivity index (χ2v) is 7.10. The van der Waals surface area contributed by atoms with Crippen molar-refractivity contribution >= 4 is 11.6 Å². The van der Waals surface area contributed by atoms with E-state index in [4.69, 9.17) is 19.8 Å². The molecule has 0 aromatic heterocycles. The minimum atomic E-state index is -0.242. The molecule has 6 nitrogen and oxygen atoms in total. The smallest absolute Gasteiger partial charge is 0.274 e. The molecule has 31 heavy (non-hydrogen) atoms. The van der Waals surface area contributed by atoms with E-state index in [1.165, 1.54) is 5.01 Å². The molecule has 3 aromatic rings. The lowest BCUT2D eigenvalue weighted by Crippen LogP contribution is -2.25. The number of carbonyl (C=O) groups is 1. The van der Waals surface area contributed by atoms with Crippen LogP contribution in [0.5, 0.6) is 11.5 Å². The van der Waals surface area contributed by atoms with Crippen LogP contribution in [0.25, 0.3) is 0 Å². The van der Waals surface area contributed by atoms with E-state index in [2.05, 4.69) is 6.07 Å². The number of hydrazone groups is 1. The Morgan fingerprint density at radius 1 is 1.00 bits per heavy atom. The quantitative estimate of drug-likeness (QED) is 0.630. The van der Waals surface area contributed by atoms with Crippen LogP contribution in [0.15, 0.2) is 77.9 Å². The average molecular weight is 411 g/mol. The van der Waals surface area contributed by atoms with E-state index in [0.717, 1.165) is 16.8 Å². The second-order valence-electron chi connectivity index (χ2n) is 7.10. The lowest BCUT2D eigenvalue weighted by molar-refractivity contribution is 0.0774. The molecule has 0 saturated heterocycles. The number of amides is 1. The van der Waals surface area contributed by atoms with Gasteiger partial charge in [-0.25, -0.2) is 5.01 Å². The van der Waals surface area contributed by atoms with Gasteiger partial charge < -0.3 is 9.47 Å². The van der Waals surface area contributed by atoms with Gasteiger partial charge in [-0.15, -0.1) is 0 Å². The number of nitrogens with zero attached hydrogens (tertiary/aromatic N) is 3. The van der Waals surface area contributed by atoms with E-state index >= 15 is 0 Å². The van der Waals surface area contributed by atoms with Crippen molar-refractivity contribution < 1.29 is 14.3 Å². The SMILES string of the molecule is COc1ccc(C2=NN(C(=O)c3cccc(C#N)c3)CC2c2ccccc2)cc1OC. The van der Waals surface area contributed by atoms with Gasteiger partial charge in [-0.3, -0.25) is 4.79 Å². The van der Waals surface area contributed by atoms with Crippen molar-refractivity contribution in [2.24, 2.45) is 5.10 Å². The molecule has 4 rings (SSSR count). The topological polar surface area (TPSA) is 74.9 Å². The van der Waals surface area contributed by atoms with E-state index in [1.807, 2.05) is 48.5 Å². The summed E-state index contributed by atoms with van der Waals surface area (Å²) < 4.78 is 10.8. The Kier molecular flexibility index (Phi) is 5.67. The molecule has 0 saturated carbocycles. The summed E-state index contributed by atoms with van der Waals surface area (Å²) in [5.41, 5.74) is 3.57. The lowest BCUT2D eigenvalue weighted by Gasteiger charge is -2.16. The van der Waals surface area contributed by atoms with Gasteiger partial charge in [0.2, 0.25) is 0 Å². The Bertz CT molecular complexity index is 1180. The van der Waals surface area contributed by atoms with Crippen molar-refractivity contribution in [1.29, 1.82) is 5.26 Å². The number of rotatable bonds is 5. The fourth-order valence-electron chi connectivity index (χ4n) is 3.70. The zero-order valence-corrected chi connectivity index (χ0v) is 17.3. The molecule has 1 heterocycles. The highest BCUT2D eigenvalue weighted by atomic mass is 16.5. The highest BCUT2D eigenvalue weighted by Gasteiger charge is 2.33. The van der Waals surface area contributed by atoms with Gasteiger partial charge in [0.05, 0.1) is 38.1 Å². The van der Waals surface area contributed by atoms with E-state index in [-0.39, 0.29) is 11.8 Å². The van der Waals surface area contributed by atoms with Crippen LogP contribution >= 0.6 is 0 Å². The van der Waals surface area contributed by atoms with Crippen LogP contribution in [0.4, 0.5) is 0 Å². The first-order chi connectivity index (χ1) is 15.1. The number of hydrogen-bond donors (Lipinski definition) is 0. The number of nitriles is 1. The summed E-state index contributed by atoms with van der Waals surface area (Å²) in [6, 6.07) is 24.3. The maximum absolute atomic E-state index is 13.2. The standard InChI is InChI=1S/C25H21N3O3/c1-30-22-12-11-19(14-23(22)31-2)24-21(18-8-4-3-5-9-18)16-28(27-24)25(29)20-10-6-7-17(13-20)15-26/h3-14,21H,16H2,1-2H3. The Hall–Kier alpha value is -4.11. The molecule has 154 valence electrons. The average Bonchev–Trinajstić information content (AvgIpc) is 3.29. The molecule has 0 radical (unpaired) electrons. The number of benzene rings is 3. The molecule has 1 aliphatic rings. The van der Waals surface area contributed by atoms with Gasteiger partial charge in [0, 0.05) is 17.0 Å². The van der Waals surface area contributed by atoms with Crippen molar-refractivity contribution in [2.75, 3.05) is 20.8 Å². The molecule has 0 aliphatic carbocycles. The Morgan fingerprint density at radius 3 is 2.48 bits per heavy atom. The normalized spacial score (nSPS) is 15.2. The van der Waals surface area contributed by atoms with Gasteiger partial charge in [0.1, 0.15) is 0 Å². The van der Waals surface area contributed by atoms with Crippen molar-refractivity contribution in [1.82, 2.24) is 5.01 Å². The van der Waals surface area contributed by atoms with Gasteiger partial charge in [-0.2, -0.15) is 10.4 Å². The molecule has 0 spiro atoms. The molecule has 3 aromatic carbocycles. The highest BCUT2D eigenvalue weighted by Crippen LogP contribution is 2.34. The van der Waals surface area contributed by atoms with Crippen molar-refractivity contribution in [3.05, 3.63) is 95.1 Å². The molecule has 1 atom stereocenters. The molecule has 6 heteroatoms. The largest absolute Gasteiger partial charge is 0.493 e. The fraction of sp³-hybridized carbons (Fsp3) is 0.160. The molecule has 1 amide bonds. The van der Waals surface area contributed by atoms with Gasteiger partial charge in [0.15, 0.2) is 11.5 Å². The third kappa shape index (κ3) is 3.99. The van der Waals surface area contributed by atoms with Crippen molar-refractivity contribution in [3.8, 4) is 17.6 Å². The van der Waals surface area contributed by atoms with Crippen LogP contribution in [0.3, 0.4) is 0 Å². The third-order valence-electron chi connectivity index (χ3n) is 5.27. The number of ether oxygens (including phenoxy) is 2. The minimum absolute atomic E-state index is 0.0950. The Labute approximate surface area is 181 Å². The minimum Gasteiger partial charge on any atom is -0.493 e. The number of methoxy groups -OCH3 is 2. The van der Waals surface area contributed by atoms with Crippen LogP contribution in [0.2, 0.25) is 0 Å². The van der Waals surface area contributed by atoms with Gasteiger partial charge in [0.25, 0.3) is 5.91 Å². The van der Waals surface area contributed by atoms with Gasteiger partial charge >= 0.3 is 0 Å². The first-order valence-corrected chi connectivity index (χ1v) is 9.82. The predicted octanol–water partition coefficient (Wildman–Crippen LogP) is 4.22. The van der Waals surface area contributed by atoms with E-state index in [0.29, 0.717) is 29.2 Å². The summed E-state index contributed by atoms with van der Waals surface area (Å²) in [4.78, 5) is 13.2. The summed E-state index contributed by atoms with van der Waals surface area (Å²) in [5, 5.41) is 15.3. The van der Waals surface area contributed by atoms with Crippen LogP contribution in [-0.2, 0) is 0 Å². The second kappa shape index (κ2) is 8.72. The predicted molar refractivity (Wildman–Crippen MR) is 117 cm³/mol. The van der Waals surface area contributed by atoms with Gasteiger partial charge in [-0.05, 0) is 42.0 Å².